The molecule has 0 aliphatic carbocycles. The molecule has 54 valence electrons. The Hall–Kier alpha value is -0.900. The lowest BCUT2D eigenvalue weighted by molar-refractivity contribution is 1.14. The van der Waals surface area contributed by atoms with Crippen molar-refractivity contribution in [3.8, 4) is 0 Å². The molecule has 0 atom stereocenters. The van der Waals surface area contributed by atoms with Crippen LogP contribution in [-0.2, 0) is 6.42 Å². The SMILES string of the molecule is Cc1csc(CC(=N)N)n1. The van der Waals surface area contributed by atoms with Crippen LogP contribution < -0.4 is 5.73 Å². The van der Waals surface area contributed by atoms with Crippen molar-refractivity contribution in [2.45, 2.75) is 13.3 Å². The van der Waals surface area contributed by atoms with Crippen molar-refractivity contribution in [3.63, 3.8) is 0 Å². The van der Waals surface area contributed by atoms with Crippen molar-refractivity contribution < 1.29 is 0 Å². The van der Waals surface area contributed by atoms with E-state index in [9.17, 15) is 0 Å². The average Bonchev–Trinajstić information content (AvgIpc) is 2.13. The van der Waals surface area contributed by atoms with Crippen LogP contribution in [-0.4, -0.2) is 10.8 Å². The molecule has 1 rings (SSSR count). The molecule has 0 aromatic carbocycles. The molecule has 0 bridgehead atoms. The molecule has 0 aliphatic rings. The third-order valence-corrected chi connectivity index (χ3v) is 1.97. The first kappa shape index (κ1) is 7.21. The van der Waals surface area contributed by atoms with E-state index in [1.165, 1.54) is 0 Å². The van der Waals surface area contributed by atoms with Crippen molar-refractivity contribution in [3.05, 3.63) is 16.1 Å². The van der Waals surface area contributed by atoms with Gasteiger partial charge in [-0.15, -0.1) is 11.3 Å². The molecular formula is C6H9N3S. The highest BCUT2D eigenvalue weighted by Gasteiger charge is 1.98. The summed E-state index contributed by atoms with van der Waals surface area (Å²) < 4.78 is 0. The van der Waals surface area contributed by atoms with Gasteiger partial charge < -0.3 is 5.73 Å². The van der Waals surface area contributed by atoms with E-state index in [0.717, 1.165) is 10.7 Å². The van der Waals surface area contributed by atoms with Gasteiger partial charge in [0.25, 0.3) is 0 Å². The van der Waals surface area contributed by atoms with Crippen LogP contribution in [0.1, 0.15) is 10.7 Å². The van der Waals surface area contributed by atoms with Crippen molar-refractivity contribution in [2.75, 3.05) is 0 Å². The Kier molecular flexibility index (Phi) is 2.01. The third kappa shape index (κ3) is 1.80. The molecule has 0 fully saturated rings. The summed E-state index contributed by atoms with van der Waals surface area (Å²) in [6.45, 7) is 1.93. The lowest BCUT2D eigenvalue weighted by Crippen LogP contribution is -2.12. The second-order valence-corrected chi connectivity index (χ2v) is 3.03. The summed E-state index contributed by atoms with van der Waals surface area (Å²) in [7, 11) is 0. The minimum absolute atomic E-state index is 0.175. The van der Waals surface area contributed by atoms with Crippen molar-refractivity contribution in [1.82, 2.24) is 4.98 Å². The van der Waals surface area contributed by atoms with E-state index >= 15 is 0 Å². The van der Waals surface area contributed by atoms with Gasteiger partial charge in [-0.3, -0.25) is 5.41 Å². The summed E-state index contributed by atoms with van der Waals surface area (Å²) in [5.41, 5.74) is 6.18. The number of thiazole rings is 1. The predicted molar refractivity (Wildman–Crippen MR) is 42.5 cm³/mol. The molecule has 0 radical (unpaired) electrons. The van der Waals surface area contributed by atoms with Crippen LogP contribution in [0.4, 0.5) is 0 Å². The second-order valence-electron chi connectivity index (χ2n) is 2.08. The number of aryl methyl sites for hydroxylation is 1. The Balaban J connectivity index is 2.67. The van der Waals surface area contributed by atoms with Gasteiger partial charge in [-0.2, -0.15) is 0 Å². The molecule has 0 amide bonds. The smallest absolute Gasteiger partial charge is 0.100 e. The fourth-order valence-corrected chi connectivity index (χ4v) is 1.44. The quantitative estimate of drug-likeness (QED) is 0.493. The van der Waals surface area contributed by atoms with E-state index in [4.69, 9.17) is 11.1 Å². The van der Waals surface area contributed by atoms with Crippen LogP contribution in [0.25, 0.3) is 0 Å². The number of nitrogens with zero attached hydrogens (tertiary/aromatic N) is 1. The maximum Gasteiger partial charge on any atom is 0.100 e. The van der Waals surface area contributed by atoms with Crippen LogP contribution in [0, 0.1) is 12.3 Å². The van der Waals surface area contributed by atoms with E-state index in [1.807, 2.05) is 12.3 Å². The van der Waals surface area contributed by atoms with Gasteiger partial charge in [0.1, 0.15) is 5.01 Å². The number of rotatable bonds is 2. The van der Waals surface area contributed by atoms with Gasteiger partial charge in [0.2, 0.25) is 0 Å². The van der Waals surface area contributed by atoms with Gasteiger partial charge in [-0.1, -0.05) is 0 Å². The molecule has 0 saturated heterocycles. The van der Waals surface area contributed by atoms with Crippen molar-refractivity contribution in [2.24, 2.45) is 5.73 Å². The molecule has 1 aromatic rings. The molecule has 10 heavy (non-hydrogen) atoms. The first-order chi connectivity index (χ1) is 4.68. The summed E-state index contributed by atoms with van der Waals surface area (Å²) in [5, 5.41) is 9.86. The Morgan fingerprint density at radius 2 is 2.60 bits per heavy atom. The molecule has 0 aliphatic heterocycles. The second kappa shape index (κ2) is 2.79. The topological polar surface area (TPSA) is 62.8 Å². The molecule has 0 spiro atoms. The molecule has 4 heteroatoms. The molecule has 3 N–H and O–H groups in total. The van der Waals surface area contributed by atoms with Gasteiger partial charge in [-0.25, -0.2) is 4.98 Å². The van der Waals surface area contributed by atoms with Crippen LogP contribution in [0.2, 0.25) is 0 Å². The third-order valence-electron chi connectivity index (χ3n) is 1.01. The van der Waals surface area contributed by atoms with Gasteiger partial charge in [0.05, 0.1) is 12.3 Å². The van der Waals surface area contributed by atoms with Gasteiger partial charge in [0, 0.05) is 11.1 Å². The van der Waals surface area contributed by atoms with Gasteiger partial charge >= 0.3 is 0 Å². The van der Waals surface area contributed by atoms with Gasteiger partial charge in [0.15, 0.2) is 0 Å². The fourth-order valence-electron chi connectivity index (χ4n) is 0.647. The fraction of sp³-hybridized carbons (Fsp3) is 0.333. The Bertz CT molecular complexity index is 241. The van der Waals surface area contributed by atoms with Crippen molar-refractivity contribution >= 4 is 17.2 Å². The number of nitrogens with two attached hydrogens (primary N) is 1. The van der Waals surface area contributed by atoms with E-state index in [2.05, 4.69) is 4.98 Å². The summed E-state index contributed by atoms with van der Waals surface area (Å²) in [5.74, 6) is 0.175. The van der Waals surface area contributed by atoms with E-state index in [-0.39, 0.29) is 5.84 Å². The number of hydrogen-bond acceptors (Lipinski definition) is 3. The first-order valence-corrected chi connectivity index (χ1v) is 3.80. The normalized spacial score (nSPS) is 9.70. The molecule has 1 heterocycles. The number of hydrogen-bond donors (Lipinski definition) is 2. The average molecular weight is 155 g/mol. The summed E-state index contributed by atoms with van der Waals surface area (Å²) in [4.78, 5) is 4.15. The minimum atomic E-state index is 0.175. The Labute approximate surface area is 63.4 Å². The minimum Gasteiger partial charge on any atom is -0.387 e. The molecule has 0 saturated carbocycles. The Morgan fingerprint density at radius 3 is 3.00 bits per heavy atom. The lowest BCUT2D eigenvalue weighted by Gasteiger charge is -1.89. The van der Waals surface area contributed by atoms with Crippen LogP contribution in [0.15, 0.2) is 5.38 Å². The van der Waals surface area contributed by atoms with Crippen LogP contribution in [0.3, 0.4) is 0 Å². The number of nitrogens with one attached hydrogen (secondary N) is 1. The monoisotopic (exact) mass is 155 g/mol. The number of amidine groups is 1. The summed E-state index contributed by atoms with van der Waals surface area (Å²) in [6.07, 6.45) is 0.485. The highest BCUT2D eigenvalue weighted by molar-refractivity contribution is 7.09. The maximum absolute atomic E-state index is 6.99. The van der Waals surface area contributed by atoms with Crippen molar-refractivity contribution in [1.29, 1.82) is 5.41 Å². The zero-order valence-electron chi connectivity index (χ0n) is 5.72. The molecular weight excluding hydrogens is 146 g/mol. The largest absolute Gasteiger partial charge is 0.387 e. The zero-order valence-corrected chi connectivity index (χ0v) is 6.53. The van der Waals surface area contributed by atoms with E-state index in [0.29, 0.717) is 6.42 Å². The zero-order chi connectivity index (χ0) is 7.56. The predicted octanol–water partition coefficient (Wildman–Crippen LogP) is 0.930. The maximum atomic E-state index is 6.99. The summed E-state index contributed by atoms with van der Waals surface area (Å²) >= 11 is 1.55. The highest BCUT2D eigenvalue weighted by Crippen LogP contribution is 2.08. The molecule has 3 nitrogen and oxygen atoms in total. The lowest BCUT2D eigenvalue weighted by atomic mass is 10.4. The number of aromatic nitrogens is 1. The molecule has 1 aromatic heterocycles. The molecule has 0 unspecified atom stereocenters. The first-order valence-electron chi connectivity index (χ1n) is 2.92. The highest BCUT2D eigenvalue weighted by atomic mass is 32.1. The van der Waals surface area contributed by atoms with E-state index in [1.54, 1.807) is 11.3 Å². The Morgan fingerprint density at radius 1 is 1.90 bits per heavy atom. The van der Waals surface area contributed by atoms with Crippen LogP contribution >= 0.6 is 11.3 Å². The van der Waals surface area contributed by atoms with E-state index < -0.39 is 0 Å². The summed E-state index contributed by atoms with van der Waals surface area (Å²) in [6, 6.07) is 0. The van der Waals surface area contributed by atoms with Crippen LogP contribution in [0.5, 0.6) is 0 Å². The van der Waals surface area contributed by atoms with Gasteiger partial charge in [-0.05, 0) is 6.92 Å². The standard InChI is InChI=1S/C6H9N3S/c1-4-3-10-6(9-4)2-5(7)8/h3H,2H2,1H3,(H3,7,8).